The first kappa shape index (κ1) is 13.0. The van der Waals surface area contributed by atoms with Gasteiger partial charge in [-0.1, -0.05) is 24.3 Å². The highest BCUT2D eigenvalue weighted by Gasteiger charge is 2.38. The molecule has 0 aliphatic heterocycles. The first-order valence-corrected chi connectivity index (χ1v) is 8.09. The van der Waals surface area contributed by atoms with Crippen molar-refractivity contribution in [3.05, 3.63) is 65.5 Å². The molecule has 21 heavy (non-hydrogen) atoms. The molecule has 1 aromatic carbocycles. The Morgan fingerprint density at radius 2 is 1.52 bits per heavy atom. The van der Waals surface area contributed by atoms with Gasteiger partial charge in [0, 0.05) is 25.0 Å². The van der Waals surface area contributed by atoms with E-state index in [4.69, 9.17) is 0 Å². The fourth-order valence-corrected chi connectivity index (χ4v) is 4.22. The summed E-state index contributed by atoms with van der Waals surface area (Å²) < 4.78 is 0. The van der Waals surface area contributed by atoms with Crippen LogP contribution in [0.25, 0.3) is 0 Å². The Kier molecular flexibility index (Phi) is 3.48. The van der Waals surface area contributed by atoms with Gasteiger partial charge in [0.2, 0.25) is 0 Å². The van der Waals surface area contributed by atoms with Crippen molar-refractivity contribution in [2.45, 2.75) is 38.3 Å². The Hall–Kier alpha value is -1.67. The molecular weight excluding hydrogens is 256 g/mol. The largest absolute Gasteiger partial charge is 0.309 e. The molecule has 2 atom stereocenters. The molecule has 2 aliphatic rings. The van der Waals surface area contributed by atoms with Crippen LogP contribution in [0.4, 0.5) is 0 Å². The van der Waals surface area contributed by atoms with Crippen LogP contribution in [0.15, 0.2) is 48.8 Å². The molecule has 0 amide bonds. The summed E-state index contributed by atoms with van der Waals surface area (Å²) in [5.74, 6) is 1.61. The minimum Gasteiger partial charge on any atom is -0.309 e. The van der Waals surface area contributed by atoms with Gasteiger partial charge < -0.3 is 5.32 Å². The van der Waals surface area contributed by atoms with Gasteiger partial charge in [0.05, 0.1) is 0 Å². The first-order valence-electron chi connectivity index (χ1n) is 8.09. The molecule has 108 valence electrons. The fourth-order valence-electron chi connectivity index (χ4n) is 4.22. The fraction of sp³-hybridized carbons (Fsp3) is 0.421. The second-order valence-corrected chi connectivity index (χ2v) is 6.54. The van der Waals surface area contributed by atoms with E-state index in [9.17, 15) is 0 Å². The van der Waals surface area contributed by atoms with E-state index >= 15 is 0 Å². The van der Waals surface area contributed by atoms with Crippen LogP contribution in [0.3, 0.4) is 0 Å². The summed E-state index contributed by atoms with van der Waals surface area (Å²) in [6.45, 7) is 0.969. The van der Waals surface area contributed by atoms with Crippen molar-refractivity contribution in [1.29, 1.82) is 0 Å². The molecule has 2 nitrogen and oxygen atoms in total. The number of hydrogen-bond donors (Lipinski definition) is 1. The summed E-state index contributed by atoms with van der Waals surface area (Å²) in [5.41, 5.74) is 4.51. The van der Waals surface area contributed by atoms with Crippen LogP contribution in [0.1, 0.15) is 29.5 Å². The Morgan fingerprint density at radius 3 is 2.14 bits per heavy atom. The van der Waals surface area contributed by atoms with Crippen LogP contribution in [0.5, 0.6) is 0 Å². The SMILES string of the molecule is c1ccc2c(c1)CC1CCC(C2)C1NCc1ccncc1. The maximum atomic E-state index is 4.10. The minimum absolute atomic E-state index is 0.672. The van der Waals surface area contributed by atoms with Gasteiger partial charge in [0.1, 0.15) is 0 Å². The standard InChI is InChI=1S/C19H22N2/c1-2-4-16-12-18-6-5-17(11-15(16)3-1)19(18)21-13-14-7-9-20-10-8-14/h1-4,7-10,17-19,21H,5-6,11-13H2. The number of nitrogens with zero attached hydrogens (tertiary/aromatic N) is 1. The van der Waals surface area contributed by atoms with E-state index in [2.05, 4.69) is 46.7 Å². The quantitative estimate of drug-likeness (QED) is 0.931. The van der Waals surface area contributed by atoms with Crippen LogP contribution in [0.2, 0.25) is 0 Å². The highest BCUT2D eigenvalue weighted by Crippen LogP contribution is 2.40. The van der Waals surface area contributed by atoms with E-state index < -0.39 is 0 Å². The topological polar surface area (TPSA) is 24.9 Å². The van der Waals surface area contributed by atoms with Crippen molar-refractivity contribution in [2.24, 2.45) is 11.8 Å². The van der Waals surface area contributed by atoms with Gasteiger partial charge in [-0.05, 0) is 66.3 Å². The van der Waals surface area contributed by atoms with E-state index in [1.165, 1.54) is 31.2 Å². The van der Waals surface area contributed by atoms with Crippen LogP contribution in [-0.4, -0.2) is 11.0 Å². The van der Waals surface area contributed by atoms with Crippen LogP contribution >= 0.6 is 0 Å². The highest BCUT2D eigenvalue weighted by molar-refractivity contribution is 5.31. The monoisotopic (exact) mass is 278 g/mol. The molecule has 0 radical (unpaired) electrons. The summed E-state index contributed by atoms with van der Waals surface area (Å²) in [6, 6.07) is 13.9. The summed E-state index contributed by atoms with van der Waals surface area (Å²) in [5, 5.41) is 3.85. The summed E-state index contributed by atoms with van der Waals surface area (Å²) in [6.07, 6.45) is 9.03. The molecule has 1 aromatic heterocycles. The molecule has 2 heteroatoms. The maximum Gasteiger partial charge on any atom is 0.0271 e. The molecule has 1 fully saturated rings. The predicted octanol–water partition coefficient (Wildman–Crippen LogP) is 3.36. The van der Waals surface area contributed by atoms with Gasteiger partial charge in [0.15, 0.2) is 0 Å². The lowest BCUT2D eigenvalue weighted by molar-refractivity contribution is 0.340. The normalized spacial score (nSPS) is 27.1. The van der Waals surface area contributed by atoms with Gasteiger partial charge in [-0.15, -0.1) is 0 Å². The third-order valence-corrected chi connectivity index (χ3v) is 5.30. The Bertz CT molecular complexity index is 575. The van der Waals surface area contributed by atoms with Crippen molar-refractivity contribution in [2.75, 3.05) is 0 Å². The molecule has 2 bridgehead atoms. The van der Waals surface area contributed by atoms with Gasteiger partial charge in [-0.25, -0.2) is 0 Å². The number of fused-ring (bicyclic) bond motifs is 3. The number of aromatic nitrogens is 1. The van der Waals surface area contributed by atoms with Gasteiger partial charge >= 0.3 is 0 Å². The van der Waals surface area contributed by atoms with Crippen molar-refractivity contribution in [3.63, 3.8) is 0 Å². The zero-order chi connectivity index (χ0) is 14.1. The Morgan fingerprint density at radius 1 is 0.905 bits per heavy atom. The molecule has 0 spiro atoms. The second kappa shape index (κ2) is 5.61. The average Bonchev–Trinajstić information content (AvgIpc) is 2.80. The van der Waals surface area contributed by atoms with Crippen LogP contribution in [0, 0.1) is 11.8 Å². The van der Waals surface area contributed by atoms with E-state index in [0.717, 1.165) is 18.4 Å². The van der Waals surface area contributed by atoms with E-state index in [-0.39, 0.29) is 0 Å². The van der Waals surface area contributed by atoms with Crippen molar-refractivity contribution in [3.8, 4) is 0 Å². The summed E-state index contributed by atoms with van der Waals surface area (Å²) in [4.78, 5) is 4.10. The lowest BCUT2D eigenvalue weighted by Crippen LogP contribution is -2.37. The first-order chi connectivity index (χ1) is 10.4. The number of nitrogens with one attached hydrogen (secondary N) is 1. The third-order valence-electron chi connectivity index (χ3n) is 5.30. The zero-order valence-corrected chi connectivity index (χ0v) is 12.3. The number of benzene rings is 1. The molecule has 1 saturated carbocycles. The zero-order valence-electron chi connectivity index (χ0n) is 12.3. The molecule has 2 aromatic rings. The molecule has 1 N–H and O–H groups in total. The molecule has 0 saturated heterocycles. The summed E-state index contributed by atoms with van der Waals surface area (Å²) in [7, 11) is 0. The van der Waals surface area contributed by atoms with E-state index in [1.807, 2.05) is 12.4 Å². The van der Waals surface area contributed by atoms with E-state index in [0.29, 0.717) is 6.04 Å². The molecule has 4 rings (SSSR count). The molecular formula is C19H22N2. The number of rotatable bonds is 3. The molecule has 2 aliphatic carbocycles. The van der Waals surface area contributed by atoms with Crippen LogP contribution in [-0.2, 0) is 19.4 Å². The maximum absolute atomic E-state index is 4.10. The van der Waals surface area contributed by atoms with Gasteiger partial charge in [0.25, 0.3) is 0 Å². The minimum atomic E-state index is 0.672. The average molecular weight is 278 g/mol. The van der Waals surface area contributed by atoms with Crippen molar-refractivity contribution >= 4 is 0 Å². The highest BCUT2D eigenvalue weighted by atomic mass is 14.9. The van der Waals surface area contributed by atoms with Gasteiger partial charge in [-0.3, -0.25) is 4.98 Å². The molecule has 1 heterocycles. The lowest BCUT2D eigenvalue weighted by Gasteiger charge is -2.23. The second-order valence-electron chi connectivity index (χ2n) is 6.54. The third kappa shape index (κ3) is 2.60. The van der Waals surface area contributed by atoms with E-state index in [1.54, 1.807) is 11.1 Å². The Labute approximate surface area is 126 Å². The number of pyridine rings is 1. The molecule has 2 unspecified atom stereocenters. The van der Waals surface area contributed by atoms with Gasteiger partial charge in [-0.2, -0.15) is 0 Å². The van der Waals surface area contributed by atoms with Crippen molar-refractivity contribution in [1.82, 2.24) is 10.3 Å². The lowest BCUT2D eigenvalue weighted by atomic mass is 9.94. The smallest absolute Gasteiger partial charge is 0.0271 e. The Balaban J connectivity index is 1.50. The number of hydrogen-bond acceptors (Lipinski definition) is 2. The van der Waals surface area contributed by atoms with Crippen LogP contribution < -0.4 is 5.32 Å². The van der Waals surface area contributed by atoms with Crippen molar-refractivity contribution < 1.29 is 0 Å². The summed E-state index contributed by atoms with van der Waals surface area (Å²) >= 11 is 0. The predicted molar refractivity (Wildman–Crippen MR) is 84.9 cm³/mol.